The van der Waals surface area contributed by atoms with Crippen molar-refractivity contribution in [2.24, 2.45) is 0 Å². The number of hydrogen-bond donors (Lipinski definition) is 0. The van der Waals surface area contributed by atoms with Gasteiger partial charge in [-0.3, -0.25) is 4.79 Å². The van der Waals surface area contributed by atoms with E-state index in [-0.39, 0.29) is 5.78 Å². The molecule has 0 bridgehead atoms. The van der Waals surface area contributed by atoms with Crippen LogP contribution in [0.1, 0.15) is 22.8 Å². The Bertz CT molecular complexity index is 752. The van der Waals surface area contributed by atoms with Crippen LogP contribution in [-0.4, -0.2) is 33.6 Å². The molecule has 2 aromatic carbocycles. The molecule has 0 N–H and O–H groups in total. The molecule has 126 valence electrons. The number of rotatable bonds is 7. The zero-order chi connectivity index (χ0) is 17.7. The van der Waals surface area contributed by atoms with Gasteiger partial charge in [-0.25, -0.2) is 0 Å². The minimum absolute atomic E-state index is 0.132. The third-order valence-corrected chi connectivity index (χ3v) is 4.02. The largest absolute Gasteiger partial charge is 0.497 e. The minimum Gasteiger partial charge on any atom is -0.497 e. The molecular weight excluding hydrogens is 302 g/mol. The van der Waals surface area contributed by atoms with Crippen LogP contribution in [0.3, 0.4) is 0 Å². The number of ether oxygens (including phenoxy) is 2. The van der Waals surface area contributed by atoms with E-state index in [4.69, 9.17) is 9.47 Å². The highest BCUT2D eigenvalue weighted by Gasteiger charge is 2.18. The Hall–Kier alpha value is -2.75. The van der Waals surface area contributed by atoms with Crippen LogP contribution in [0, 0.1) is 0 Å². The summed E-state index contributed by atoms with van der Waals surface area (Å²) in [5, 5.41) is 0. The molecule has 0 radical (unpaired) electrons. The first-order valence-corrected chi connectivity index (χ1v) is 7.79. The van der Waals surface area contributed by atoms with Gasteiger partial charge >= 0.3 is 0 Å². The molecule has 0 aliphatic carbocycles. The van der Waals surface area contributed by atoms with Gasteiger partial charge < -0.3 is 14.4 Å². The van der Waals surface area contributed by atoms with Gasteiger partial charge in [0.25, 0.3) is 0 Å². The number of carbonyl (C=O) groups excluding carboxylic acids is 1. The number of allylic oxidation sites excluding steroid dienone is 1. The lowest BCUT2D eigenvalue weighted by Crippen LogP contribution is -2.18. The van der Waals surface area contributed by atoms with Gasteiger partial charge in [0.05, 0.1) is 14.2 Å². The highest BCUT2D eigenvalue weighted by atomic mass is 16.5. The van der Waals surface area contributed by atoms with Gasteiger partial charge in [-0.1, -0.05) is 18.7 Å². The lowest BCUT2D eigenvalue weighted by molar-refractivity contribution is 0.105. The topological polar surface area (TPSA) is 38.8 Å². The van der Waals surface area contributed by atoms with Crippen molar-refractivity contribution >= 4 is 17.0 Å². The standard InChI is InChI=1S/C20H23NO3/c1-6-21(3)19-11-10-17(24-5)13-18(19)14(2)20(22)15-8-7-9-16(12-15)23-4/h7-13H,2,6H2,1,3-5H3. The van der Waals surface area contributed by atoms with Crippen molar-refractivity contribution in [3.05, 3.63) is 60.2 Å². The number of hydrogen-bond acceptors (Lipinski definition) is 4. The maximum atomic E-state index is 12.9. The maximum absolute atomic E-state index is 12.9. The summed E-state index contributed by atoms with van der Waals surface area (Å²) in [5.74, 6) is 1.20. The van der Waals surface area contributed by atoms with Crippen LogP contribution in [0.5, 0.6) is 11.5 Å². The van der Waals surface area contributed by atoms with Gasteiger partial charge in [0, 0.05) is 36.0 Å². The monoisotopic (exact) mass is 325 g/mol. The number of methoxy groups -OCH3 is 2. The number of carbonyl (C=O) groups is 1. The first-order valence-electron chi connectivity index (χ1n) is 7.79. The van der Waals surface area contributed by atoms with E-state index in [0.717, 1.165) is 17.8 Å². The fourth-order valence-electron chi connectivity index (χ4n) is 2.45. The van der Waals surface area contributed by atoms with E-state index in [1.54, 1.807) is 38.5 Å². The van der Waals surface area contributed by atoms with Gasteiger partial charge in [0.1, 0.15) is 11.5 Å². The van der Waals surface area contributed by atoms with Crippen LogP contribution in [0.15, 0.2) is 49.0 Å². The Morgan fingerprint density at radius 3 is 2.38 bits per heavy atom. The number of benzene rings is 2. The van der Waals surface area contributed by atoms with Gasteiger partial charge in [-0.05, 0) is 37.3 Å². The summed E-state index contributed by atoms with van der Waals surface area (Å²) in [4.78, 5) is 14.9. The summed E-state index contributed by atoms with van der Waals surface area (Å²) in [6.45, 7) is 6.91. The molecule has 0 fully saturated rings. The highest BCUT2D eigenvalue weighted by Crippen LogP contribution is 2.32. The molecular formula is C20H23NO3. The van der Waals surface area contributed by atoms with Crippen LogP contribution in [0.4, 0.5) is 5.69 Å². The van der Waals surface area contributed by atoms with Gasteiger partial charge in [-0.2, -0.15) is 0 Å². The molecule has 0 spiro atoms. The smallest absolute Gasteiger partial charge is 0.193 e. The molecule has 0 amide bonds. The first-order chi connectivity index (χ1) is 11.5. The summed E-state index contributed by atoms with van der Waals surface area (Å²) in [5.41, 5.74) is 2.69. The zero-order valence-electron chi connectivity index (χ0n) is 14.6. The summed E-state index contributed by atoms with van der Waals surface area (Å²) in [7, 11) is 5.17. The van der Waals surface area contributed by atoms with Crippen molar-refractivity contribution < 1.29 is 14.3 Å². The number of anilines is 1. The lowest BCUT2D eigenvalue weighted by Gasteiger charge is -2.22. The minimum atomic E-state index is -0.132. The van der Waals surface area contributed by atoms with Gasteiger partial charge in [-0.15, -0.1) is 0 Å². The third kappa shape index (κ3) is 3.59. The Morgan fingerprint density at radius 2 is 1.75 bits per heavy atom. The molecule has 4 heteroatoms. The molecule has 0 unspecified atom stereocenters. The normalized spacial score (nSPS) is 10.2. The molecule has 0 aromatic heterocycles. The van der Waals surface area contributed by atoms with E-state index < -0.39 is 0 Å². The van der Waals surface area contributed by atoms with Crippen LogP contribution in [-0.2, 0) is 0 Å². The number of Topliss-reactive ketones (excluding diaryl/α,β-unsaturated/α-hetero) is 1. The van der Waals surface area contributed by atoms with Crippen molar-refractivity contribution in [2.45, 2.75) is 6.92 Å². The lowest BCUT2D eigenvalue weighted by atomic mass is 9.96. The summed E-state index contributed by atoms with van der Waals surface area (Å²) < 4.78 is 10.5. The van der Waals surface area contributed by atoms with Crippen LogP contribution in [0.2, 0.25) is 0 Å². The molecule has 0 saturated heterocycles. The Labute approximate surface area is 143 Å². The molecule has 2 rings (SSSR count). The molecule has 2 aromatic rings. The van der Waals surface area contributed by atoms with Gasteiger partial charge in [0.2, 0.25) is 0 Å². The van der Waals surface area contributed by atoms with Crippen molar-refractivity contribution in [1.82, 2.24) is 0 Å². The summed E-state index contributed by atoms with van der Waals surface area (Å²) in [6, 6.07) is 12.8. The second-order valence-electron chi connectivity index (χ2n) is 5.44. The average molecular weight is 325 g/mol. The van der Waals surface area contributed by atoms with Gasteiger partial charge in [0.15, 0.2) is 5.78 Å². The molecule has 24 heavy (non-hydrogen) atoms. The Balaban J connectivity index is 2.45. The van der Waals surface area contributed by atoms with E-state index in [1.807, 2.05) is 25.2 Å². The van der Waals surface area contributed by atoms with E-state index >= 15 is 0 Å². The van der Waals surface area contributed by atoms with Crippen molar-refractivity contribution in [1.29, 1.82) is 0 Å². The summed E-state index contributed by atoms with van der Waals surface area (Å²) >= 11 is 0. The summed E-state index contributed by atoms with van der Waals surface area (Å²) in [6.07, 6.45) is 0. The van der Waals surface area contributed by atoms with Crippen LogP contribution in [0.25, 0.3) is 5.57 Å². The van der Waals surface area contributed by atoms with Crippen molar-refractivity contribution in [3.8, 4) is 11.5 Å². The fourth-order valence-corrected chi connectivity index (χ4v) is 2.45. The van der Waals surface area contributed by atoms with Crippen molar-refractivity contribution in [3.63, 3.8) is 0 Å². The predicted molar refractivity (Wildman–Crippen MR) is 98.3 cm³/mol. The second-order valence-corrected chi connectivity index (χ2v) is 5.44. The number of nitrogens with zero attached hydrogens (tertiary/aromatic N) is 1. The Morgan fingerprint density at radius 1 is 1.08 bits per heavy atom. The average Bonchev–Trinajstić information content (AvgIpc) is 2.65. The van der Waals surface area contributed by atoms with Crippen LogP contribution >= 0.6 is 0 Å². The van der Waals surface area contributed by atoms with E-state index in [1.165, 1.54) is 0 Å². The predicted octanol–water partition coefficient (Wildman–Crippen LogP) is 4.06. The quantitative estimate of drug-likeness (QED) is 0.568. The van der Waals surface area contributed by atoms with E-state index in [9.17, 15) is 4.79 Å². The Kier molecular flexibility index (Phi) is 5.64. The fraction of sp³-hybridized carbons (Fsp3) is 0.250. The maximum Gasteiger partial charge on any atom is 0.193 e. The van der Waals surface area contributed by atoms with Crippen LogP contribution < -0.4 is 14.4 Å². The molecule has 4 nitrogen and oxygen atoms in total. The highest BCUT2D eigenvalue weighted by molar-refractivity contribution is 6.29. The molecule has 0 saturated carbocycles. The molecule has 0 atom stereocenters. The van der Waals surface area contributed by atoms with E-state index in [0.29, 0.717) is 22.6 Å². The first kappa shape index (κ1) is 17.6. The molecule has 0 aliphatic rings. The molecule has 0 aliphatic heterocycles. The molecule has 0 heterocycles. The second kappa shape index (κ2) is 7.68. The SMILES string of the molecule is C=C(C(=O)c1cccc(OC)c1)c1cc(OC)ccc1N(C)CC. The van der Waals surface area contributed by atoms with E-state index in [2.05, 4.69) is 18.4 Å². The zero-order valence-corrected chi connectivity index (χ0v) is 14.6. The van der Waals surface area contributed by atoms with Crippen molar-refractivity contribution in [2.75, 3.05) is 32.7 Å². The third-order valence-electron chi connectivity index (χ3n) is 4.02. The number of ketones is 1.